The van der Waals surface area contributed by atoms with Crippen molar-refractivity contribution in [3.63, 3.8) is 0 Å². The van der Waals surface area contributed by atoms with E-state index in [4.69, 9.17) is 14.6 Å². The zero-order valence-corrected chi connectivity index (χ0v) is 14.4. The number of hydrogen-bond acceptors (Lipinski definition) is 3. The van der Waals surface area contributed by atoms with Crippen LogP contribution in [0.15, 0.2) is 36.4 Å². The van der Waals surface area contributed by atoms with Crippen molar-refractivity contribution in [3.8, 4) is 22.6 Å². The summed E-state index contributed by atoms with van der Waals surface area (Å²) >= 11 is 0. The van der Waals surface area contributed by atoms with Crippen LogP contribution in [0, 0.1) is 11.6 Å². The van der Waals surface area contributed by atoms with Crippen molar-refractivity contribution in [3.05, 3.63) is 48.0 Å². The molecular formula is C20H20F2O4. The fourth-order valence-corrected chi connectivity index (χ4v) is 2.74. The molecule has 0 radical (unpaired) electrons. The van der Waals surface area contributed by atoms with Crippen LogP contribution < -0.4 is 9.47 Å². The minimum Gasteiger partial charge on any atom is -0.487 e. The monoisotopic (exact) mass is 362 g/mol. The quantitative estimate of drug-likeness (QED) is 0.768. The van der Waals surface area contributed by atoms with Crippen LogP contribution in [0.2, 0.25) is 0 Å². The Morgan fingerprint density at radius 1 is 1.27 bits per heavy atom. The van der Waals surface area contributed by atoms with Gasteiger partial charge in [0, 0.05) is 5.56 Å². The first-order valence-electron chi connectivity index (χ1n) is 8.64. The molecule has 0 heterocycles. The standard InChI is InChI=1S/C20H20F2O4/c1-2-16(20(23)24)26-17-10-9-15(12-5-3-6-13(21)11-12)19(18(17)22)25-14-7-4-8-14/h3,5-6,9-11,14,16H,2,4,7-8H2,1H3,(H,23,24). The van der Waals surface area contributed by atoms with Gasteiger partial charge in [0.15, 0.2) is 17.6 Å². The molecule has 0 aromatic heterocycles. The van der Waals surface area contributed by atoms with Crippen molar-refractivity contribution in [1.82, 2.24) is 0 Å². The van der Waals surface area contributed by atoms with Gasteiger partial charge in [0.2, 0.25) is 5.82 Å². The maximum absolute atomic E-state index is 15.1. The number of rotatable bonds is 7. The Morgan fingerprint density at radius 3 is 2.62 bits per heavy atom. The predicted molar refractivity (Wildman–Crippen MR) is 92.4 cm³/mol. The van der Waals surface area contributed by atoms with Gasteiger partial charge in [0.1, 0.15) is 5.82 Å². The molecule has 1 aliphatic carbocycles. The van der Waals surface area contributed by atoms with E-state index in [-0.39, 0.29) is 24.0 Å². The number of carboxylic acid groups (broad SMARTS) is 1. The van der Waals surface area contributed by atoms with Crippen LogP contribution in [0.25, 0.3) is 11.1 Å². The fraction of sp³-hybridized carbons (Fsp3) is 0.350. The van der Waals surface area contributed by atoms with Gasteiger partial charge in [0.25, 0.3) is 0 Å². The SMILES string of the molecule is CCC(Oc1ccc(-c2cccc(F)c2)c(OC2CCC2)c1F)C(=O)O. The fourth-order valence-electron chi connectivity index (χ4n) is 2.74. The van der Waals surface area contributed by atoms with Crippen LogP contribution in [0.3, 0.4) is 0 Å². The van der Waals surface area contributed by atoms with E-state index in [9.17, 15) is 9.18 Å². The summed E-state index contributed by atoms with van der Waals surface area (Å²) in [6, 6.07) is 8.73. The molecule has 6 heteroatoms. The van der Waals surface area contributed by atoms with Crippen molar-refractivity contribution >= 4 is 5.97 Å². The van der Waals surface area contributed by atoms with Gasteiger partial charge >= 0.3 is 5.97 Å². The van der Waals surface area contributed by atoms with Gasteiger partial charge in [-0.2, -0.15) is 4.39 Å². The highest BCUT2D eigenvalue weighted by atomic mass is 19.1. The second-order valence-corrected chi connectivity index (χ2v) is 6.29. The number of halogens is 2. The Hall–Kier alpha value is -2.63. The molecule has 1 atom stereocenters. The van der Waals surface area contributed by atoms with E-state index in [1.807, 2.05) is 0 Å². The summed E-state index contributed by atoms with van der Waals surface area (Å²) in [5.41, 5.74) is 0.889. The van der Waals surface area contributed by atoms with Crippen LogP contribution in [0.4, 0.5) is 8.78 Å². The molecular weight excluding hydrogens is 342 g/mol. The second-order valence-electron chi connectivity index (χ2n) is 6.29. The van der Waals surface area contributed by atoms with Gasteiger partial charge in [-0.25, -0.2) is 9.18 Å². The van der Waals surface area contributed by atoms with Crippen molar-refractivity contribution in [2.75, 3.05) is 0 Å². The van der Waals surface area contributed by atoms with E-state index in [0.29, 0.717) is 11.1 Å². The lowest BCUT2D eigenvalue weighted by Crippen LogP contribution is -2.27. The molecule has 1 fully saturated rings. The molecule has 0 spiro atoms. The second kappa shape index (κ2) is 7.72. The van der Waals surface area contributed by atoms with Gasteiger partial charge < -0.3 is 14.6 Å². The lowest BCUT2D eigenvalue weighted by molar-refractivity contribution is -0.145. The normalized spacial score (nSPS) is 15.2. The molecule has 4 nitrogen and oxygen atoms in total. The van der Waals surface area contributed by atoms with E-state index in [0.717, 1.165) is 19.3 Å². The van der Waals surface area contributed by atoms with Crippen molar-refractivity contribution < 1.29 is 28.2 Å². The lowest BCUT2D eigenvalue weighted by atomic mass is 9.95. The number of benzene rings is 2. The highest BCUT2D eigenvalue weighted by Crippen LogP contribution is 2.40. The van der Waals surface area contributed by atoms with Crippen LogP contribution in [-0.2, 0) is 4.79 Å². The van der Waals surface area contributed by atoms with E-state index < -0.39 is 23.7 Å². The summed E-state index contributed by atoms with van der Waals surface area (Å²) in [6.07, 6.45) is 1.59. The van der Waals surface area contributed by atoms with Crippen molar-refractivity contribution in [2.45, 2.75) is 44.8 Å². The summed E-state index contributed by atoms with van der Waals surface area (Å²) in [6.45, 7) is 1.64. The number of carboxylic acids is 1. The number of ether oxygens (including phenoxy) is 2. The van der Waals surface area contributed by atoms with Gasteiger partial charge in [-0.15, -0.1) is 0 Å². The first-order valence-corrected chi connectivity index (χ1v) is 8.64. The molecule has 0 aliphatic heterocycles. The summed E-state index contributed by atoms with van der Waals surface area (Å²) in [4.78, 5) is 11.2. The largest absolute Gasteiger partial charge is 0.487 e. The summed E-state index contributed by atoms with van der Waals surface area (Å²) in [5, 5.41) is 9.13. The zero-order chi connectivity index (χ0) is 18.7. The third-order valence-corrected chi connectivity index (χ3v) is 4.45. The average Bonchev–Trinajstić information content (AvgIpc) is 2.57. The zero-order valence-electron chi connectivity index (χ0n) is 14.4. The highest BCUT2D eigenvalue weighted by Gasteiger charge is 2.26. The lowest BCUT2D eigenvalue weighted by Gasteiger charge is -2.28. The van der Waals surface area contributed by atoms with Gasteiger partial charge in [0.05, 0.1) is 6.10 Å². The molecule has 2 aromatic carbocycles. The molecule has 1 unspecified atom stereocenters. The first kappa shape index (κ1) is 18.2. The molecule has 1 aliphatic rings. The molecule has 1 saturated carbocycles. The van der Waals surface area contributed by atoms with Crippen LogP contribution in [-0.4, -0.2) is 23.3 Å². The maximum atomic E-state index is 15.1. The van der Waals surface area contributed by atoms with Gasteiger partial charge in [-0.3, -0.25) is 0 Å². The topological polar surface area (TPSA) is 55.8 Å². The predicted octanol–water partition coefficient (Wildman–Crippen LogP) is 4.81. The number of carbonyl (C=O) groups is 1. The minimum atomic E-state index is -1.16. The molecule has 3 rings (SSSR count). The maximum Gasteiger partial charge on any atom is 0.344 e. The average molecular weight is 362 g/mol. The van der Waals surface area contributed by atoms with Crippen LogP contribution >= 0.6 is 0 Å². The Balaban J connectivity index is 2.01. The van der Waals surface area contributed by atoms with Crippen molar-refractivity contribution in [2.24, 2.45) is 0 Å². The Labute approximate surface area is 150 Å². The molecule has 0 amide bonds. The van der Waals surface area contributed by atoms with Crippen LogP contribution in [0.5, 0.6) is 11.5 Å². The Kier molecular flexibility index (Phi) is 5.40. The summed E-state index contributed by atoms with van der Waals surface area (Å²) < 4.78 is 39.8. The number of hydrogen-bond donors (Lipinski definition) is 1. The minimum absolute atomic E-state index is 0.0296. The summed E-state index contributed by atoms with van der Waals surface area (Å²) in [5.74, 6) is -2.58. The molecule has 138 valence electrons. The van der Waals surface area contributed by atoms with E-state index in [1.54, 1.807) is 19.1 Å². The van der Waals surface area contributed by atoms with Crippen LogP contribution in [0.1, 0.15) is 32.6 Å². The third kappa shape index (κ3) is 3.79. The highest BCUT2D eigenvalue weighted by molar-refractivity contribution is 5.74. The Bertz CT molecular complexity index is 802. The summed E-state index contributed by atoms with van der Waals surface area (Å²) in [7, 11) is 0. The molecule has 1 N–H and O–H groups in total. The van der Waals surface area contributed by atoms with Crippen molar-refractivity contribution in [1.29, 1.82) is 0 Å². The molecule has 0 saturated heterocycles. The molecule has 0 bridgehead atoms. The first-order chi connectivity index (χ1) is 12.5. The van der Waals surface area contributed by atoms with Gasteiger partial charge in [-0.1, -0.05) is 19.1 Å². The number of aliphatic carboxylic acids is 1. The smallest absolute Gasteiger partial charge is 0.344 e. The Morgan fingerprint density at radius 2 is 2.04 bits per heavy atom. The molecule has 2 aromatic rings. The third-order valence-electron chi connectivity index (χ3n) is 4.45. The van der Waals surface area contributed by atoms with Gasteiger partial charge in [-0.05, 0) is 55.5 Å². The van der Waals surface area contributed by atoms with E-state index >= 15 is 4.39 Å². The van der Waals surface area contributed by atoms with E-state index in [1.165, 1.54) is 24.3 Å². The molecule has 26 heavy (non-hydrogen) atoms. The van der Waals surface area contributed by atoms with E-state index in [2.05, 4.69) is 0 Å².